The molecule has 1 aliphatic rings. The molecule has 4 nitrogen and oxygen atoms in total. The van der Waals surface area contributed by atoms with Gasteiger partial charge in [-0.15, -0.1) is 0 Å². The summed E-state index contributed by atoms with van der Waals surface area (Å²) in [5.74, 6) is 2.69. The molecule has 5 heteroatoms. The summed E-state index contributed by atoms with van der Waals surface area (Å²) >= 11 is 1.87. The van der Waals surface area contributed by atoms with E-state index in [1.807, 2.05) is 37.4 Å². The fourth-order valence-corrected chi connectivity index (χ4v) is 2.73. The molecule has 1 saturated heterocycles. The number of hydrogen-bond donors (Lipinski definition) is 1. The molecule has 0 spiro atoms. The molecule has 2 N–H and O–H groups in total. The quantitative estimate of drug-likeness (QED) is 0.785. The fourth-order valence-electron chi connectivity index (χ4n) is 1.79. The van der Waals surface area contributed by atoms with E-state index < -0.39 is 5.60 Å². The normalized spacial score (nSPS) is 20.7. The highest BCUT2D eigenvalue weighted by atomic mass is 32.2. The van der Waals surface area contributed by atoms with Crippen LogP contribution >= 0.6 is 11.8 Å². The van der Waals surface area contributed by atoms with Crippen molar-refractivity contribution in [3.63, 3.8) is 0 Å². The maximum atomic E-state index is 11.8. The molecule has 1 aliphatic heterocycles. The van der Waals surface area contributed by atoms with Crippen LogP contribution in [0.15, 0.2) is 0 Å². The zero-order chi connectivity index (χ0) is 12.9. The number of thioether (sulfide) groups is 1. The third kappa shape index (κ3) is 5.64. The van der Waals surface area contributed by atoms with E-state index in [2.05, 4.69) is 0 Å². The van der Waals surface area contributed by atoms with Gasteiger partial charge >= 0.3 is 6.09 Å². The summed E-state index contributed by atoms with van der Waals surface area (Å²) in [5.41, 5.74) is 5.05. The lowest BCUT2D eigenvalue weighted by atomic mass is 10.2. The zero-order valence-electron chi connectivity index (χ0n) is 11.1. The molecule has 100 valence electrons. The Balaban J connectivity index is 2.27. The number of rotatable bonds is 4. The summed E-state index contributed by atoms with van der Waals surface area (Å²) in [6.45, 7) is 8.07. The van der Waals surface area contributed by atoms with E-state index >= 15 is 0 Å². The van der Waals surface area contributed by atoms with E-state index in [-0.39, 0.29) is 6.09 Å². The summed E-state index contributed by atoms with van der Waals surface area (Å²) in [7, 11) is 0. The summed E-state index contributed by atoms with van der Waals surface area (Å²) in [6.07, 6.45) is 0.903. The minimum Gasteiger partial charge on any atom is -0.444 e. The highest BCUT2D eigenvalue weighted by Gasteiger charge is 2.29. The van der Waals surface area contributed by atoms with Crippen molar-refractivity contribution in [1.29, 1.82) is 0 Å². The first-order valence-corrected chi connectivity index (χ1v) is 7.33. The Bertz CT molecular complexity index is 253. The van der Waals surface area contributed by atoms with Gasteiger partial charge in [0.25, 0.3) is 0 Å². The average molecular weight is 260 g/mol. The van der Waals surface area contributed by atoms with Crippen molar-refractivity contribution in [3.05, 3.63) is 0 Å². The summed E-state index contributed by atoms with van der Waals surface area (Å²) in [5, 5.41) is 0. The molecule has 0 unspecified atom stereocenters. The lowest BCUT2D eigenvalue weighted by Gasteiger charge is -2.24. The smallest absolute Gasteiger partial charge is 0.410 e. The van der Waals surface area contributed by atoms with Crippen LogP contribution in [0.25, 0.3) is 0 Å². The van der Waals surface area contributed by atoms with Crippen molar-refractivity contribution in [1.82, 2.24) is 4.90 Å². The van der Waals surface area contributed by atoms with Gasteiger partial charge in [-0.2, -0.15) is 11.8 Å². The molecule has 1 amide bonds. The molecule has 17 heavy (non-hydrogen) atoms. The van der Waals surface area contributed by atoms with E-state index in [9.17, 15) is 4.79 Å². The van der Waals surface area contributed by atoms with Gasteiger partial charge in [0.15, 0.2) is 0 Å². The third-order valence-corrected chi connectivity index (χ3v) is 3.78. The minimum absolute atomic E-state index is 0.177. The van der Waals surface area contributed by atoms with Gasteiger partial charge < -0.3 is 15.4 Å². The van der Waals surface area contributed by atoms with E-state index in [0.29, 0.717) is 5.92 Å². The van der Waals surface area contributed by atoms with Gasteiger partial charge in [-0.25, -0.2) is 4.79 Å². The molecule has 1 heterocycles. The molecular formula is C12H24N2O2S. The van der Waals surface area contributed by atoms with Crippen LogP contribution in [-0.4, -0.2) is 47.7 Å². The number of hydrogen-bond acceptors (Lipinski definition) is 4. The van der Waals surface area contributed by atoms with Crippen LogP contribution in [0.3, 0.4) is 0 Å². The standard InChI is InChI=1S/C12H24N2O2S/c1-12(2,3)16-11(15)14-6-4-10(8-14)9-17-7-5-13/h10H,4-9,13H2,1-3H3/t10-/m0/s1. The largest absolute Gasteiger partial charge is 0.444 e. The van der Waals surface area contributed by atoms with E-state index in [4.69, 9.17) is 10.5 Å². The number of amides is 1. The van der Waals surface area contributed by atoms with Crippen LogP contribution in [0.5, 0.6) is 0 Å². The Morgan fingerprint density at radius 3 is 2.82 bits per heavy atom. The molecule has 1 rings (SSSR count). The lowest BCUT2D eigenvalue weighted by Crippen LogP contribution is -2.35. The predicted octanol–water partition coefficient (Wildman–Crippen LogP) is 1.94. The monoisotopic (exact) mass is 260 g/mol. The first-order chi connectivity index (χ1) is 7.92. The van der Waals surface area contributed by atoms with Crippen molar-refractivity contribution in [2.24, 2.45) is 11.7 Å². The maximum absolute atomic E-state index is 11.8. The van der Waals surface area contributed by atoms with Gasteiger partial charge in [0.2, 0.25) is 0 Å². The molecule has 0 aromatic rings. The van der Waals surface area contributed by atoms with Crippen LogP contribution in [0, 0.1) is 5.92 Å². The van der Waals surface area contributed by atoms with Crippen molar-refractivity contribution in [2.75, 3.05) is 31.1 Å². The van der Waals surface area contributed by atoms with Crippen LogP contribution in [0.2, 0.25) is 0 Å². The second kappa shape index (κ2) is 6.50. The number of nitrogens with zero attached hydrogens (tertiary/aromatic N) is 1. The molecule has 1 fully saturated rings. The van der Waals surface area contributed by atoms with Crippen LogP contribution in [0.1, 0.15) is 27.2 Å². The van der Waals surface area contributed by atoms with Gasteiger partial charge in [-0.05, 0) is 38.9 Å². The van der Waals surface area contributed by atoms with Crippen molar-refractivity contribution >= 4 is 17.9 Å². The fraction of sp³-hybridized carbons (Fsp3) is 0.917. The van der Waals surface area contributed by atoms with Gasteiger partial charge in [-0.1, -0.05) is 0 Å². The number of ether oxygens (including phenoxy) is 1. The van der Waals surface area contributed by atoms with Crippen molar-refractivity contribution in [3.8, 4) is 0 Å². The van der Waals surface area contributed by atoms with Crippen LogP contribution in [-0.2, 0) is 4.74 Å². The molecule has 0 radical (unpaired) electrons. The van der Waals surface area contributed by atoms with Gasteiger partial charge in [0.1, 0.15) is 5.60 Å². The first kappa shape index (κ1) is 14.6. The third-order valence-electron chi connectivity index (χ3n) is 2.55. The highest BCUT2D eigenvalue weighted by molar-refractivity contribution is 7.99. The number of carbonyl (C=O) groups excluding carboxylic acids is 1. The predicted molar refractivity (Wildman–Crippen MR) is 72.3 cm³/mol. The minimum atomic E-state index is -0.399. The lowest BCUT2D eigenvalue weighted by molar-refractivity contribution is 0.0289. The van der Waals surface area contributed by atoms with E-state index in [1.165, 1.54) is 0 Å². The molecule has 1 atom stereocenters. The van der Waals surface area contributed by atoms with Gasteiger partial charge in [0, 0.05) is 25.4 Å². The first-order valence-electron chi connectivity index (χ1n) is 6.18. The molecule has 0 aliphatic carbocycles. The summed E-state index contributed by atoms with van der Waals surface area (Å²) < 4.78 is 5.36. The Kier molecular flexibility index (Phi) is 5.59. The Hall–Kier alpha value is -0.420. The summed E-state index contributed by atoms with van der Waals surface area (Å²) in [4.78, 5) is 13.6. The van der Waals surface area contributed by atoms with Gasteiger partial charge in [0.05, 0.1) is 0 Å². The van der Waals surface area contributed by atoms with E-state index in [1.54, 1.807) is 0 Å². The Morgan fingerprint density at radius 2 is 2.24 bits per heavy atom. The Morgan fingerprint density at radius 1 is 1.53 bits per heavy atom. The van der Waals surface area contributed by atoms with Crippen molar-refractivity contribution in [2.45, 2.75) is 32.8 Å². The number of nitrogens with two attached hydrogens (primary N) is 1. The molecular weight excluding hydrogens is 236 g/mol. The molecule has 0 aromatic carbocycles. The summed E-state index contributed by atoms with van der Waals surface area (Å²) in [6, 6.07) is 0. The topological polar surface area (TPSA) is 55.6 Å². The second-order valence-corrected chi connectivity index (χ2v) is 6.59. The van der Waals surface area contributed by atoms with Gasteiger partial charge in [-0.3, -0.25) is 0 Å². The molecule has 0 aromatic heterocycles. The second-order valence-electron chi connectivity index (χ2n) is 5.44. The molecule has 0 saturated carbocycles. The molecule has 0 bridgehead atoms. The SMILES string of the molecule is CC(C)(C)OC(=O)N1CC[C@H](CSCCN)C1. The van der Waals surface area contributed by atoms with Crippen LogP contribution in [0.4, 0.5) is 4.79 Å². The van der Waals surface area contributed by atoms with E-state index in [0.717, 1.165) is 37.6 Å². The number of likely N-dealkylation sites (tertiary alicyclic amines) is 1. The highest BCUT2D eigenvalue weighted by Crippen LogP contribution is 2.22. The maximum Gasteiger partial charge on any atom is 0.410 e. The van der Waals surface area contributed by atoms with Crippen molar-refractivity contribution < 1.29 is 9.53 Å². The Labute approximate surface area is 108 Å². The van der Waals surface area contributed by atoms with Crippen LogP contribution < -0.4 is 5.73 Å². The zero-order valence-corrected chi connectivity index (χ0v) is 11.9. The number of carbonyl (C=O) groups is 1. The average Bonchev–Trinajstić information content (AvgIpc) is 2.64.